The molecular formula is C38H80BrN. The average Bonchev–Trinajstić information content (AvgIpc) is 2.95. The van der Waals surface area contributed by atoms with Crippen LogP contribution in [0.5, 0.6) is 0 Å². The Kier molecular flexibility index (Phi) is 37.9. The quantitative estimate of drug-likeness (QED) is 0.0490. The van der Waals surface area contributed by atoms with E-state index in [9.17, 15) is 0 Å². The van der Waals surface area contributed by atoms with Gasteiger partial charge in [0.2, 0.25) is 0 Å². The molecule has 0 spiro atoms. The second kappa shape index (κ2) is 35.6. The van der Waals surface area contributed by atoms with E-state index in [1.54, 1.807) is 0 Å². The van der Waals surface area contributed by atoms with E-state index in [-0.39, 0.29) is 17.0 Å². The fraction of sp³-hybridized carbons (Fsp3) is 1.00. The lowest BCUT2D eigenvalue weighted by molar-refractivity contribution is -0.927. The van der Waals surface area contributed by atoms with Crippen molar-refractivity contribution in [2.24, 2.45) is 0 Å². The van der Waals surface area contributed by atoms with E-state index in [1.165, 1.54) is 223 Å². The summed E-state index contributed by atoms with van der Waals surface area (Å²) in [6.45, 7) is 15.2. The maximum atomic E-state index is 2.50. The van der Waals surface area contributed by atoms with Gasteiger partial charge >= 0.3 is 0 Å². The summed E-state index contributed by atoms with van der Waals surface area (Å²) < 4.78 is 1.44. The molecule has 40 heavy (non-hydrogen) atoms. The summed E-state index contributed by atoms with van der Waals surface area (Å²) in [6, 6.07) is 0. The van der Waals surface area contributed by atoms with Gasteiger partial charge in [0.1, 0.15) is 0 Å². The van der Waals surface area contributed by atoms with Crippen LogP contribution in [0.3, 0.4) is 0 Å². The van der Waals surface area contributed by atoms with Crippen LogP contribution < -0.4 is 17.0 Å². The van der Waals surface area contributed by atoms with Crippen molar-refractivity contribution >= 4 is 0 Å². The number of quaternary nitrogens is 1. The molecule has 2 heteroatoms. The summed E-state index contributed by atoms with van der Waals surface area (Å²) in [4.78, 5) is 0. The molecule has 0 fully saturated rings. The summed E-state index contributed by atoms with van der Waals surface area (Å²) in [6.07, 6.45) is 43.8. The number of halogens is 1. The van der Waals surface area contributed by atoms with Crippen LogP contribution in [0.4, 0.5) is 0 Å². The average molecular weight is 631 g/mol. The van der Waals surface area contributed by atoms with E-state index in [2.05, 4.69) is 27.7 Å². The molecule has 0 aromatic heterocycles. The first-order valence-electron chi connectivity index (χ1n) is 19.1. The molecule has 0 heterocycles. The first kappa shape index (κ1) is 42.6. The van der Waals surface area contributed by atoms with Gasteiger partial charge in [0.25, 0.3) is 0 Å². The van der Waals surface area contributed by atoms with Gasteiger partial charge in [-0.15, -0.1) is 0 Å². The highest BCUT2D eigenvalue weighted by molar-refractivity contribution is 4.54. The summed E-state index contributed by atoms with van der Waals surface area (Å²) in [7, 11) is 0. The fourth-order valence-corrected chi connectivity index (χ4v) is 6.61. The second-order valence-corrected chi connectivity index (χ2v) is 13.4. The zero-order valence-electron chi connectivity index (χ0n) is 28.9. The molecule has 244 valence electrons. The Hall–Kier alpha value is 0.440. The Morgan fingerprint density at radius 1 is 0.250 bits per heavy atom. The topological polar surface area (TPSA) is 0 Å². The summed E-state index contributed by atoms with van der Waals surface area (Å²) in [5, 5.41) is 0. The first-order valence-corrected chi connectivity index (χ1v) is 19.1. The molecule has 0 aromatic carbocycles. The van der Waals surface area contributed by atoms with Crippen LogP contribution in [0.2, 0.25) is 0 Å². The molecule has 0 radical (unpaired) electrons. The Balaban J connectivity index is 0. The van der Waals surface area contributed by atoms with Gasteiger partial charge < -0.3 is 21.5 Å². The van der Waals surface area contributed by atoms with Gasteiger partial charge in [0.05, 0.1) is 26.2 Å². The molecule has 0 rings (SSSR count). The van der Waals surface area contributed by atoms with Crippen LogP contribution in [0.25, 0.3) is 0 Å². The second-order valence-electron chi connectivity index (χ2n) is 13.4. The molecule has 1 nitrogen and oxygen atoms in total. The van der Waals surface area contributed by atoms with Gasteiger partial charge in [-0.3, -0.25) is 0 Å². The van der Waals surface area contributed by atoms with Crippen LogP contribution in [0.15, 0.2) is 0 Å². The van der Waals surface area contributed by atoms with E-state index in [0.717, 1.165) is 0 Å². The minimum Gasteiger partial charge on any atom is -1.00 e. The van der Waals surface area contributed by atoms with Crippen LogP contribution in [-0.2, 0) is 0 Å². The van der Waals surface area contributed by atoms with Gasteiger partial charge in [-0.1, -0.05) is 175 Å². The Labute approximate surface area is 267 Å². The van der Waals surface area contributed by atoms with Gasteiger partial charge in [0.15, 0.2) is 0 Å². The van der Waals surface area contributed by atoms with Crippen molar-refractivity contribution in [3.63, 3.8) is 0 Å². The SMILES string of the molecule is CCCCCCCCCCCC[N+](CC)(CCCCCCCCCCCC)CCCCCCCCCCCC.[Br-]. The number of hydrogen-bond donors (Lipinski definition) is 0. The van der Waals surface area contributed by atoms with Gasteiger partial charge in [0, 0.05) is 0 Å². The molecule has 0 aliphatic heterocycles. The van der Waals surface area contributed by atoms with E-state index < -0.39 is 0 Å². The molecule has 0 bridgehead atoms. The minimum absolute atomic E-state index is 0. The number of hydrogen-bond acceptors (Lipinski definition) is 0. The van der Waals surface area contributed by atoms with E-state index in [0.29, 0.717) is 0 Å². The predicted octanol–water partition coefficient (Wildman–Crippen LogP) is 10.6. The maximum absolute atomic E-state index is 2.50. The van der Waals surface area contributed by atoms with Gasteiger partial charge in [-0.25, -0.2) is 0 Å². The normalized spacial score (nSPS) is 11.7. The number of rotatable bonds is 34. The lowest BCUT2D eigenvalue weighted by atomic mass is 10.0. The van der Waals surface area contributed by atoms with E-state index >= 15 is 0 Å². The molecular weight excluding hydrogens is 550 g/mol. The molecule has 0 aliphatic rings. The third-order valence-corrected chi connectivity index (χ3v) is 9.63. The van der Waals surface area contributed by atoms with Crippen molar-refractivity contribution in [1.29, 1.82) is 0 Å². The first-order chi connectivity index (χ1) is 19.2. The number of nitrogens with zero attached hydrogens (tertiary/aromatic N) is 1. The zero-order valence-corrected chi connectivity index (χ0v) is 30.5. The van der Waals surface area contributed by atoms with Gasteiger partial charge in [-0.05, 0) is 45.4 Å². The molecule has 0 saturated heterocycles. The van der Waals surface area contributed by atoms with E-state index in [1.807, 2.05) is 0 Å². The molecule has 0 atom stereocenters. The van der Waals surface area contributed by atoms with Crippen LogP contribution >= 0.6 is 0 Å². The molecule has 0 aromatic rings. The summed E-state index contributed by atoms with van der Waals surface area (Å²) in [5.74, 6) is 0. The molecule has 0 unspecified atom stereocenters. The van der Waals surface area contributed by atoms with Crippen molar-refractivity contribution in [3.05, 3.63) is 0 Å². The molecule has 0 saturated carbocycles. The molecule has 0 aliphatic carbocycles. The van der Waals surface area contributed by atoms with Crippen LogP contribution in [0, 0.1) is 0 Å². The Morgan fingerprint density at radius 3 is 0.600 bits per heavy atom. The Morgan fingerprint density at radius 2 is 0.425 bits per heavy atom. The lowest BCUT2D eigenvalue weighted by Gasteiger charge is -2.38. The summed E-state index contributed by atoms with van der Waals surface area (Å²) in [5.41, 5.74) is 0. The predicted molar refractivity (Wildman–Crippen MR) is 181 cm³/mol. The Bertz CT molecular complexity index is 377. The fourth-order valence-electron chi connectivity index (χ4n) is 6.61. The molecule has 0 N–H and O–H groups in total. The lowest BCUT2D eigenvalue weighted by Crippen LogP contribution is -3.00. The standard InChI is InChI=1S/C38H80N.BrH/c1-5-9-12-15-18-21-24-27-30-33-36-39(8-4,37-34-31-28-25-22-19-16-13-10-6-2)38-35-32-29-26-23-20-17-14-11-7-3;/h5-38H2,1-4H3;1H/q+1;/p-1. The highest BCUT2D eigenvalue weighted by Crippen LogP contribution is 2.19. The van der Waals surface area contributed by atoms with Crippen molar-refractivity contribution in [3.8, 4) is 0 Å². The van der Waals surface area contributed by atoms with Crippen molar-refractivity contribution < 1.29 is 21.5 Å². The third-order valence-electron chi connectivity index (χ3n) is 9.63. The van der Waals surface area contributed by atoms with Crippen molar-refractivity contribution in [2.75, 3.05) is 26.2 Å². The van der Waals surface area contributed by atoms with Crippen LogP contribution in [-0.4, -0.2) is 30.7 Å². The largest absolute Gasteiger partial charge is 1.00 e. The summed E-state index contributed by atoms with van der Waals surface area (Å²) >= 11 is 0. The van der Waals surface area contributed by atoms with Crippen molar-refractivity contribution in [2.45, 2.75) is 220 Å². The number of unbranched alkanes of at least 4 members (excludes halogenated alkanes) is 27. The monoisotopic (exact) mass is 630 g/mol. The van der Waals surface area contributed by atoms with Crippen molar-refractivity contribution in [1.82, 2.24) is 0 Å². The highest BCUT2D eigenvalue weighted by Gasteiger charge is 2.23. The smallest absolute Gasteiger partial charge is 0.0786 e. The van der Waals surface area contributed by atoms with Gasteiger partial charge in [-0.2, -0.15) is 0 Å². The third kappa shape index (κ3) is 29.9. The minimum atomic E-state index is 0. The van der Waals surface area contributed by atoms with E-state index in [4.69, 9.17) is 0 Å². The maximum Gasteiger partial charge on any atom is 0.0786 e. The van der Waals surface area contributed by atoms with Crippen LogP contribution in [0.1, 0.15) is 220 Å². The molecule has 0 amide bonds. The highest BCUT2D eigenvalue weighted by atomic mass is 79.9. The zero-order chi connectivity index (χ0) is 28.5.